The largest absolute Gasteiger partial charge is 0.326 e. The first-order chi connectivity index (χ1) is 4.41. The molecule has 0 saturated heterocycles. The molecule has 10 heavy (non-hydrogen) atoms. The Morgan fingerprint density at radius 3 is 1.60 bits per heavy atom. The van der Waals surface area contributed by atoms with Gasteiger partial charge in [-0.2, -0.15) is 0 Å². The van der Waals surface area contributed by atoms with Crippen LogP contribution in [-0.2, 0) is 0 Å². The summed E-state index contributed by atoms with van der Waals surface area (Å²) in [6, 6.07) is 0.769. The van der Waals surface area contributed by atoms with Gasteiger partial charge in [-0.05, 0) is 13.8 Å². The van der Waals surface area contributed by atoms with Gasteiger partial charge in [0.15, 0.2) is 0 Å². The maximum absolute atomic E-state index is 2.33. The molecule has 0 fully saturated rings. The van der Waals surface area contributed by atoms with Crippen molar-refractivity contribution >= 4 is 0 Å². The monoisotopic (exact) mass is 144 g/mol. The molecule has 1 unspecified atom stereocenters. The predicted molar refractivity (Wildman–Crippen MR) is 46.9 cm³/mol. The molecular weight excluding hydrogens is 122 g/mol. The quantitative estimate of drug-likeness (QED) is 0.532. The van der Waals surface area contributed by atoms with Crippen LogP contribution in [-0.4, -0.2) is 31.2 Å². The zero-order chi connectivity index (χ0) is 8.36. The molecule has 1 nitrogen and oxygen atoms in total. The molecule has 0 aromatic heterocycles. The van der Waals surface area contributed by atoms with E-state index >= 15 is 0 Å². The minimum atomic E-state index is 0.769. The first-order valence-corrected chi connectivity index (χ1v) is 4.24. The second-order valence-electron chi connectivity index (χ2n) is 4.08. The van der Waals surface area contributed by atoms with Crippen LogP contribution < -0.4 is 0 Å². The van der Waals surface area contributed by atoms with Crippen molar-refractivity contribution < 1.29 is 4.48 Å². The molecule has 0 aliphatic heterocycles. The van der Waals surface area contributed by atoms with Crippen LogP contribution in [0.25, 0.3) is 0 Å². The summed E-state index contributed by atoms with van der Waals surface area (Å²) < 4.78 is 1.14. The van der Waals surface area contributed by atoms with Gasteiger partial charge in [-0.25, -0.2) is 0 Å². The minimum Gasteiger partial charge on any atom is -0.326 e. The Kier molecular flexibility index (Phi) is 3.37. The van der Waals surface area contributed by atoms with Crippen LogP contribution in [0.15, 0.2) is 0 Å². The highest BCUT2D eigenvalue weighted by Crippen LogP contribution is 2.13. The molecule has 0 aromatic carbocycles. The summed E-state index contributed by atoms with van der Waals surface area (Å²) in [7, 11) is 4.59. The normalized spacial score (nSPS) is 15.9. The summed E-state index contributed by atoms with van der Waals surface area (Å²) in [6.45, 7) is 10.4. The van der Waals surface area contributed by atoms with Crippen molar-refractivity contribution in [3.63, 3.8) is 0 Å². The minimum absolute atomic E-state index is 0.769. The maximum atomic E-state index is 2.33. The van der Waals surface area contributed by atoms with E-state index in [4.69, 9.17) is 0 Å². The van der Waals surface area contributed by atoms with Gasteiger partial charge in [-0.1, -0.05) is 13.8 Å². The number of hydrogen-bond acceptors (Lipinski definition) is 0. The summed E-state index contributed by atoms with van der Waals surface area (Å²) in [5, 5.41) is 0. The fourth-order valence-electron chi connectivity index (χ4n) is 1.10. The van der Waals surface area contributed by atoms with E-state index in [1.165, 1.54) is 6.54 Å². The van der Waals surface area contributed by atoms with E-state index in [9.17, 15) is 0 Å². The molecule has 0 heterocycles. The molecule has 62 valence electrons. The SMILES string of the molecule is CC[N+](C)(C)C(C)C(C)C. The van der Waals surface area contributed by atoms with Gasteiger partial charge in [0.1, 0.15) is 0 Å². The van der Waals surface area contributed by atoms with Gasteiger partial charge in [0.05, 0.1) is 26.7 Å². The molecule has 0 rings (SSSR count). The second kappa shape index (κ2) is 3.38. The third-order valence-corrected chi connectivity index (χ3v) is 2.88. The third-order valence-electron chi connectivity index (χ3n) is 2.88. The fourth-order valence-corrected chi connectivity index (χ4v) is 1.10. The van der Waals surface area contributed by atoms with Crippen LogP contribution in [0.1, 0.15) is 27.7 Å². The fraction of sp³-hybridized carbons (Fsp3) is 1.00. The van der Waals surface area contributed by atoms with Crippen molar-refractivity contribution in [1.82, 2.24) is 0 Å². The van der Waals surface area contributed by atoms with Gasteiger partial charge in [0.25, 0.3) is 0 Å². The Balaban J connectivity index is 4.03. The molecule has 0 spiro atoms. The lowest BCUT2D eigenvalue weighted by Gasteiger charge is -2.37. The molecule has 0 aliphatic carbocycles. The van der Waals surface area contributed by atoms with Crippen LogP contribution >= 0.6 is 0 Å². The predicted octanol–water partition coefficient (Wildman–Crippen LogP) is 2.13. The van der Waals surface area contributed by atoms with E-state index in [0.29, 0.717) is 0 Å². The van der Waals surface area contributed by atoms with Crippen LogP contribution in [0, 0.1) is 5.92 Å². The Morgan fingerprint density at radius 1 is 1.10 bits per heavy atom. The molecule has 1 atom stereocenters. The molecule has 0 saturated carbocycles. The summed E-state index contributed by atoms with van der Waals surface area (Å²) in [6.07, 6.45) is 0. The van der Waals surface area contributed by atoms with Crippen molar-refractivity contribution in [2.45, 2.75) is 33.7 Å². The molecule has 1 heteroatoms. The Hall–Kier alpha value is -0.0400. The highest BCUT2D eigenvalue weighted by atomic mass is 15.3. The summed E-state index contributed by atoms with van der Waals surface area (Å²) in [5.41, 5.74) is 0. The first kappa shape index (κ1) is 9.96. The lowest BCUT2D eigenvalue weighted by molar-refractivity contribution is -0.914. The van der Waals surface area contributed by atoms with E-state index in [-0.39, 0.29) is 0 Å². The van der Waals surface area contributed by atoms with Crippen molar-refractivity contribution in [2.75, 3.05) is 20.6 Å². The zero-order valence-electron chi connectivity index (χ0n) is 8.31. The Morgan fingerprint density at radius 2 is 1.50 bits per heavy atom. The number of rotatable bonds is 3. The lowest BCUT2D eigenvalue weighted by atomic mass is 10.0. The van der Waals surface area contributed by atoms with Gasteiger partial charge >= 0.3 is 0 Å². The lowest BCUT2D eigenvalue weighted by Crippen LogP contribution is -2.49. The van der Waals surface area contributed by atoms with Gasteiger partial charge in [-0.3, -0.25) is 0 Å². The molecule has 0 radical (unpaired) electrons. The summed E-state index contributed by atoms with van der Waals surface area (Å²) in [5.74, 6) is 0.787. The van der Waals surface area contributed by atoms with Gasteiger partial charge in [-0.15, -0.1) is 0 Å². The Bertz CT molecular complexity index is 94.9. The van der Waals surface area contributed by atoms with Crippen molar-refractivity contribution in [3.8, 4) is 0 Å². The van der Waals surface area contributed by atoms with Crippen molar-refractivity contribution in [1.29, 1.82) is 0 Å². The molecule has 0 aromatic rings. The van der Waals surface area contributed by atoms with Crippen molar-refractivity contribution in [2.24, 2.45) is 5.92 Å². The number of quaternary nitrogens is 1. The van der Waals surface area contributed by atoms with E-state index in [2.05, 4.69) is 41.8 Å². The highest BCUT2D eigenvalue weighted by Gasteiger charge is 2.24. The van der Waals surface area contributed by atoms with Crippen LogP contribution in [0.2, 0.25) is 0 Å². The van der Waals surface area contributed by atoms with E-state index < -0.39 is 0 Å². The van der Waals surface area contributed by atoms with Crippen LogP contribution in [0.4, 0.5) is 0 Å². The van der Waals surface area contributed by atoms with Gasteiger partial charge in [0, 0.05) is 5.92 Å². The molecular formula is C9H22N+. The molecule has 0 bridgehead atoms. The third kappa shape index (κ3) is 2.30. The molecule has 0 aliphatic rings. The smallest absolute Gasteiger partial charge is 0.0880 e. The van der Waals surface area contributed by atoms with E-state index in [1.807, 2.05) is 0 Å². The van der Waals surface area contributed by atoms with Gasteiger partial charge < -0.3 is 4.48 Å². The summed E-state index contributed by atoms with van der Waals surface area (Å²) >= 11 is 0. The first-order valence-electron chi connectivity index (χ1n) is 4.24. The van der Waals surface area contributed by atoms with Crippen LogP contribution in [0.5, 0.6) is 0 Å². The molecule has 0 N–H and O–H groups in total. The Labute approximate surface area is 65.6 Å². The topological polar surface area (TPSA) is 0 Å². The second-order valence-corrected chi connectivity index (χ2v) is 4.08. The standard InChI is InChI=1S/C9H22N/c1-7-10(5,6)9(4)8(2)3/h8-9H,7H2,1-6H3/q+1. The van der Waals surface area contributed by atoms with Crippen LogP contribution in [0.3, 0.4) is 0 Å². The molecule has 0 amide bonds. The number of nitrogens with zero attached hydrogens (tertiary/aromatic N) is 1. The summed E-state index contributed by atoms with van der Waals surface area (Å²) in [4.78, 5) is 0. The van der Waals surface area contributed by atoms with Crippen molar-refractivity contribution in [3.05, 3.63) is 0 Å². The van der Waals surface area contributed by atoms with Gasteiger partial charge in [0.2, 0.25) is 0 Å². The average molecular weight is 144 g/mol. The number of hydrogen-bond donors (Lipinski definition) is 0. The van der Waals surface area contributed by atoms with E-state index in [0.717, 1.165) is 16.4 Å². The maximum Gasteiger partial charge on any atom is 0.0880 e. The highest BCUT2D eigenvalue weighted by molar-refractivity contribution is 4.54. The average Bonchev–Trinajstić information content (AvgIpc) is 1.86. The van der Waals surface area contributed by atoms with E-state index in [1.54, 1.807) is 0 Å². The zero-order valence-corrected chi connectivity index (χ0v) is 8.31.